The highest BCUT2D eigenvalue weighted by Crippen LogP contribution is 2.15. The molecule has 1 heterocycles. The van der Waals surface area contributed by atoms with Crippen LogP contribution in [0.1, 0.15) is 13.8 Å². The van der Waals surface area contributed by atoms with Crippen LogP contribution >= 0.6 is 11.3 Å². The number of nitrogens with zero attached hydrogens (tertiary/aromatic N) is 2. The predicted molar refractivity (Wildman–Crippen MR) is 114 cm³/mol. The molecule has 9 nitrogen and oxygen atoms in total. The van der Waals surface area contributed by atoms with Gasteiger partial charge in [-0.25, -0.2) is 4.79 Å². The van der Waals surface area contributed by atoms with Crippen molar-refractivity contribution in [2.75, 3.05) is 31.0 Å². The summed E-state index contributed by atoms with van der Waals surface area (Å²) < 4.78 is 11.6. The number of hydrogen-bond acceptors (Lipinski definition) is 8. The summed E-state index contributed by atoms with van der Waals surface area (Å²) in [6.45, 7) is 3.76. The number of carbonyl (C=O) groups excluding carboxylic acids is 2. The molecule has 30 heavy (non-hydrogen) atoms. The van der Waals surface area contributed by atoms with E-state index >= 15 is 0 Å². The van der Waals surface area contributed by atoms with Crippen LogP contribution in [0.15, 0.2) is 29.1 Å². The molecule has 0 saturated heterocycles. The number of nitriles is 1. The lowest BCUT2D eigenvalue weighted by molar-refractivity contribution is -0.136. The number of thiazole rings is 1. The van der Waals surface area contributed by atoms with Gasteiger partial charge >= 0.3 is 5.97 Å². The van der Waals surface area contributed by atoms with E-state index in [2.05, 4.69) is 10.6 Å². The Morgan fingerprint density at radius 2 is 2.03 bits per heavy atom. The molecule has 2 aromatic rings. The van der Waals surface area contributed by atoms with E-state index in [0.717, 1.165) is 11.3 Å². The predicted octanol–water partition coefficient (Wildman–Crippen LogP) is 0.602. The molecule has 0 spiro atoms. The fourth-order valence-electron chi connectivity index (χ4n) is 2.54. The van der Waals surface area contributed by atoms with Crippen molar-refractivity contribution in [2.45, 2.75) is 20.4 Å². The summed E-state index contributed by atoms with van der Waals surface area (Å²) in [7, 11) is 1.43. The number of hydrogen-bond donors (Lipinski definition) is 2. The number of nitrogens with one attached hydrogen (secondary N) is 2. The Kier molecular flexibility index (Phi) is 8.34. The molecule has 0 aliphatic carbocycles. The summed E-state index contributed by atoms with van der Waals surface area (Å²) in [5, 5.41) is 15.1. The fraction of sp³-hybridized carbons (Fsp3) is 0.300. The number of esters is 1. The van der Waals surface area contributed by atoms with E-state index in [1.54, 1.807) is 38.1 Å². The molecule has 0 unspecified atom stereocenters. The number of aromatic nitrogens is 1. The molecule has 1 aromatic carbocycles. The lowest BCUT2D eigenvalue weighted by atomic mass is 10.2. The third-order valence-corrected chi connectivity index (χ3v) is 4.95. The summed E-state index contributed by atoms with van der Waals surface area (Å²) in [5.74, 6) is -1.05. The van der Waals surface area contributed by atoms with Gasteiger partial charge in [0.1, 0.15) is 21.9 Å². The second-order valence-electron chi connectivity index (χ2n) is 5.88. The van der Waals surface area contributed by atoms with E-state index in [4.69, 9.17) is 9.47 Å². The van der Waals surface area contributed by atoms with Crippen LogP contribution < -0.4 is 25.4 Å². The zero-order chi connectivity index (χ0) is 22.1. The van der Waals surface area contributed by atoms with E-state index in [1.807, 2.05) is 6.07 Å². The molecule has 0 bridgehead atoms. The number of amides is 1. The van der Waals surface area contributed by atoms with Crippen LogP contribution in [0.5, 0.6) is 0 Å². The average Bonchev–Trinajstić information content (AvgIpc) is 3.03. The van der Waals surface area contributed by atoms with Gasteiger partial charge in [0, 0.05) is 31.2 Å². The molecule has 0 saturated carbocycles. The summed E-state index contributed by atoms with van der Waals surface area (Å²) in [4.78, 5) is 36.4. The SMILES string of the molecule is CCOC(=O)/C(C#N)=c1\s/c(=C\Nc2cccc(NC(=O)COC)c2)c(=O)n1CC. The molecule has 1 aromatic heterocycles. The van der Waals surface area contributed by atoms with Crippen LogP contribution in [0, 0.1) is 11.3 Å². The Labute approximate surface area is 176 Å². The molecular weight excluding hydrogens is 408 g/mol. The molecule has 0 fully saturated rings. The first kappa shape index (κ1) is 22.9. The number of rotatable bonds is 8. The first-order valence-corrected chi connectivity index (χ1v) is 9.93. The Hall–Kier alpha value is -3.42. The molecule has 0 aliphatic rings. The van der Waals surface area contributed by atoms with Gasteiger partial charge in [0.25, 0.3) is 5.56 Å². The van der Waals surface area contributed by atoms with E-state index < -0.39 is 5.97 Å². The average molecular weight is 430 g/mol. The van der Waals surface area contributed by atoms with Crippen molar-refractivity contribution >= 4 is 46.4 Å². The molecule has 2 N–H and O–H groups in total. The van der Waals surface area contributed by atoms with Crippen molar-refractivity contribution in [3.05, 3.63) is 43.8 Å². The Morgan fingerprint density at radius 3 is 2.67 bits per heavy atom. The van der Waals surface area contributed by atoms with Gasteiger partial charge in [-0.2, -0.15) is 5.26 Å². The molecule has 0 atom stereocenters. The maximum atomic E-state index is 12.7. The number of methoxy groups -OCH3 is 1. The van der Waals surface area contributed by atoms with E-state index in [-0.39, 0.29) is 34.9 Å². The highest BCUT2D eigenvalue weighted by atomic mass is 32.1. The molecule has 158 valence electrons. The van der Waals surface area contributed by atoms with Crippen molar-refractivity contribution in [1.29, 1.82) is 5.26 Å². The van der Waals surface area contributed by atoms with E-state index in [9.17, 15) is 19.6 Å². The molecule has 2 rings (SSSR count). The van der Waals surface area contributed by atoms with Gasteiger partial charge in [-0.15, -0.1) is 11.3 Å². The summed E-state index contributed by atoms with van der Waals surface area (Å²) >= 11 is 1.02. The van der Waals surface area contributed by atoms with E-state index in [1.165, 1.54) is 17.9 Å². The molecule has 1 amide bonds. The zero-order valence-electron chi connectivity index (χ0n) is 16.9. The molecule has 0 aliphatic heterocycles. The van der Waals surface area contributed by atoms with Crippen molar-refractivity contribution in [2.24, 2.45) is 0 Å². The van der Waals surface area contributed by atoms with Crippen LogP contribution in [-0.2, 0) is 25.6 Å². The zero-order valence-corrected chi connectivity index (χ0v) is 17.7. The van der Waals surface area contributed by atoms with Crippen LogP contribution in [0.3, 0.4) is 0 Å². The van der Waals surface area contributed by atoms with Gasteiger partial charge in [0.05, 0.1) is 6.61 Å². The number of anilines is 2. The van der Waals surface area contributed by atoms with Crippen LogP contribution in [-0.4, -0.2) is 36.8 Å². The molecular formula is C20H22N4O5S. The second-order valence-corrected chi connectivity index (χ2v) is 6.91. The maximum Gasteiger partial charge on any atom is 0.351 e. The molecule has 0 radical (unpaired) electrons. The van der Waals surface area contributed by atoms with E-state index in [0.29, 0.717) is 22.5 Å². The molecule has 10 heteroatoms. The van der Waals surface area contributed by atoms with Gasteiger partial charge in [0.2, 0.25) is 5.91 Å². The minimum absolute atomic E-state index is 0.0590. The lowest BCUT2D eigenvalue weighted by Gasteiger charge is -2.06. The highest BCUT2D eigenvalue weighted by molar-refractivity contribution is 7.07. The quantitative estimate of drug-likeness (QED) is 0.588. The van der Waals surface area contributed by atoms with Gasteiger partial charge < -0.3 is 20.1 Å². The standard InChI is InChI=1S/C20H22N4O5S/c1-4-24-18(26)16(30-19(24)15(10-21)20(27)29-5-2)11-22-13-7-6-8-14(9-13)23-17(25)12-28-3/h6-9,11,22H,4-5,12H2,1-3H3,(H,23,25)/b16-11-,19-15-. The van der Waals surface area contributed by atoms with Crippen LogP contribution in [0.25, 0.3) is 11.8 Å². The van der Waals surface area contributed by atoms with Crippen molar-refractivity contribution in [1.82, 2.24) is 4.57 Å². The van der Waals surface area contributed by atoms with Gasteiger partial charge in [-0.1, -0.05) is 6.07 Å². The summed E-state index contributed by atoms with van der Waals surface area (Å²) in [6.07, 6.45) is 1.50. The monoisotopic (exact) mass is 430 g/mol. The maximum absolute atomic E-state index is 12.7. The van der Waals surface area contributed by atoms with Gasteiger partial charge in [0.15, 0.2) is 5.57 Å². The fourth-order valence-corrected chi connectivity index (χ4v) is 3.62. The largest absolute Gasteiger partial charge is 0.462 e. The second kappa shape index (κ2) is 10.9. The van der Waals surface area contributed by atoms with Crippen molar-refractivity contribution < 1.29 is 19.1 Å². The summed E-state index contributed by atoms with van der Waals surface area (Å²) in [6, 6.07) is 8.76. The minimum Gasteiger partial charge on any atom is -0.462 e. The Balaban J connectivity index is 2.41. The number of ether oxygens (including phenoxy) is 2. The minimum atomic E-state index is -0.762. The number of benzene rings is 1. The van der Waals surface area contributed by atoms with Crippen LogP contribution in [0.2, 0.25) is 0 Å². The lowest BCUT2D eigenvalue weighted by Crippen LogP contribution is -2.32. The Morgan fingerprint density at radius 1 is 1.30 bits per heavy atom. The smallest absolute Gasteiger partial charge is 0.351 e. The first-order chi connectivity index (χ1) is 14.4. The van der Waals surface area contributed by atoms with Crippen molar-refractivity contribution in [3.63, 3.8) is 0 Å². The Bertz CT molecular complexity index is 1140. The topological polar surface area (TPSA) is 122 Å². The highest BCUT2D eigenvalue weighted by Gasteiger charge is 2.16. The third kappa shape index (κ3) is 5.56. The van der Waals surface area contributed by atoms with Gasteiger partial charge in [-0.05, 0) is 32.0 Å². The number of carbonyl (C=O) groups is 2. The van der Waals surface area contributed by atoms with Crippen molar-refractivity contribution in [3.8, 4) is 6.07 Å². The summed E-state index contributed by atoms with van der Waals surface area (Å²) in [5.41, 5.74) is 0.670. The first-order valence-electron chi connectivity index (χ1n) is 9.11. The van der Waals surface area contributed by atoms with Gasteiger partial charge in [-0.3, -0.25) is 14.2 Å². The van der Waals surface area contributed by atoms with Crippen LogP contribution in [0.4, 0.5) is 11.4 Å². The normalized spacial score (nSPS) is 12.1. The third-order valence-electron chi connectivity index (χ3n) is 3.82.